The normalized spacial score (nSPS) is 11.5. The predicted octanol–water partition coefficient (Wildman–Crippen LogP) is 3.30. The van der Waals surface area contributed by atoms with Crippen LogP contribution in [0.2, 0.25) is 0 Å². The van der Waals surface area contributed by atoms with Crippen molar-refractivity contribution in [3.05, 3.63) is 70.6 Å². The summed E-state index contributed by atoms with van der Waals surface area (Å²) in [4.78, 5) is 35.8. The Kier molecular flexibility index (Phi) is 9.50. The van der Waals surface area contributed by atoms with Gasteiger partial charge in [0.25, 0.3) is 0 Å². The number of aryl methyl sites for hydroxylation is 1. The van der Waals surface area contributed by atoms with Gasteiger partial charge in [-0.2, -0.15) is 0 Å². The SMILES string of the molecule is Cc1ccc(/C=C/S(=O)(=O)NCC(=O)OCC(=O)c2ccc(NC(=O)CC(C)C)cc2)cc1. The fourth-order valence-corrected chi connectivity index (χ4v) is 3.41. The highest BCUT2D eigenvalue weighted by atomic mass is 32.2. The number of nitrogens with one attached hydrogen (secondary N) is 2. The van der Waals surface area contributed by atoms with Crippen molar-refractivity contribution in [2.45, 2.75) is 27.2 Å². The number of sulfonamides is 1. The van der Waals surface area contributed by atoms with Crippen molar-refractivity contribution >= 4 is 39.4 Å². The molecule has 33 heavy (non-hydrogen) atoms. The summed E-state index contributed by atoms with van der Waals surface area (Å²) < 4.78 is 31.0. The Labute approximate surface area is 194 Å². The number of carbonyl (C=O) groups is 3. The molecule has 0 radical (unpaired) electrons. The number of hydrogen-bond donors (Lipinski definition) is 2. The Morgan fingerprint density at radius 1 is 1.00 bits per heavy atom. The Bertz CT molecular complexity index is 1100. The molecule has 176 valence electrons. The molecule has 9 heteroatoms. The number of ketones is 1. The molecule has 1 amide bonds. The second kappa shape index (κ2) is 12.1. The van der Waals surface area contributed by atoms with Gasteiger partial charge in [-0.05, 0) is 48.7 Å². The van der Waals surface area contributed by atoms with E-state index in [1.807, 2.05) is 32.9 Å². The van der Waals surface area contributed by atoms with Crippen LogP contribution in [-0.2, 0) is 24.3 Å². The van der Waals surface area contributed by atoms with E-state index in [4.69, 9.17) is 4.74 Å². The zero-order valence-electron chi connectivity index (χ0n) is 18.8. The fraction of sp³-hybridized carbons (Fsp3) is 0.292. The number of carbonyl (C=O) groups excluding carboxylic acids is 3. The Morgan fingerprint density at radius 2 is 1.64 bits per heavy atom. The maximum absolute atomic E-state index is 12.2. The number of amides is 1. The van der Waals surface area contributed by atoms with Crippen LogP contribution in [0.15, 0.2) is 53.9 Å². The summed E-state index contributed by atoms with van der Waals surface area (Å²) in [6.07, 6.45) is 1.80. The molecule has 0 fully saturated rings. The zero-order chi connectivity index (χ0) is 24.4. The second-order valence-corrected chi connectivity index (χ2v) is 9.54. The molecule has 0 atom stereocenters. The van der Waals surface area contributed by atoms with Gasteiger partial charge in [-0.25, -0.2) is 13.1 Å². The van der Waals surface area contributed by atoms with Crippen molar-refractivity contribution in [2.24, 2.45) is 5.92 Å². The van der Waals surface area contributed by atoms with Gasteiger partial charge in [0.2, 0.25) is 15.9 Å². The average Bonchev–Trinajstić information content (AvgIpc) is 2.75. The third kappa shape index (κ3) is 9.80. The Hall–Kier alpha value is -3.30. The van der Waals surface area contributed by atoms with Crippen molar-refractivity contribution in [1.29, 1.82) is 0 Å². The standard InChI is InChI=1S/C24H28N2O6S/c1-17(2)14-23(28)26-21-10-8-20(9-11-21)22(27)16-32-24(29)15-25-33(30,31)13-12-19-6-4-18(3)5-7-19/h4-13,17,25H,14-16H2,1-3H3,(H,26,28)/b13-12+. The first kappa shape index (κ1) is 26.0. The van der Waals surface area contributed by atoms with Crippen LogP contribution in [0.4, 0.5) is 5.69 Å². The number of esters is 1. The van der Waals surface area contributed by atoms with Crippen LogP contribution in [0.25, 0.3) is 6.08 Å². The van der Waals surface area contributed by atoms with E-state index < -0.39 is 34.9 Å². The fourth-order valence-electron chi connectivity index (χ4n) is 2.66. The highest BCUT2D eigenvalue weighted by molar-refractivity contribution is 7.92. The summed E-state index contributed by atoms with van der Waals surface area (Å²) in [5.74, 6) is -1.22. The third-order valence-corrected chi connectivity index (χ3v) is 5.42. The van der Waals surface area contributed by atoms with E-state index in [9.17, 15) is 22.8 Å². The van der Waals surface area contributed by atoms with Gasteiger partial charge in [-0.3, -0.25) is 14.4 Å². The lowest BCUT2D eigenvalue weighted by atomic mass is 10.1. The van der Waals surface area contributed by atoms with Crippen LogP contribution in [0, 0.1) is 12.8 Å². The number of benzene rings is 2. The van der Waals surface area contributed by atoms with Crippen LogP contribution in [0.1, 0.15) is 41.8 Å². The molecule has 2 aromatic rings. The minimum absolute atomic E-state index is 0.117. The summed E-state index contributed by atoms with van der Waals surface area (Å²) in [6, 6.07) is 13.4. The Morgan fingerprint density at radius 3 is 2.24 bits per heavy atom. The smallest absolute Gasteiger partial charge is 0.321 e. The summed E-state index contributed by atoms with van der Waals surface area (Å²) in [5.41, 5.74) is 2.60. The Balaban J connectivity index is 1.78. The minimum Gasteiger partial charge on any atom is -0.456 e. The summed E-state index contributed by atoms with van der Waals surface area (Å²) in [5, 5.41) is 3.69. The van der Waals surface area contributed by atoms with E-state index >= 15 is 0 Å². The van der Waals surface area contributed by atoms with Gasteiger partial charge >= 0.3 is 5.97 Å². The maximum Gasteiger partial charge on any atom is 0.321 e. The highest BCUT2D eigenvalue weighted by Gasteiger charge is 2.13. The molecule has 2 rings (SSSR count). The van der Waals surface area contributed by atoms with Crippen molar-refractivity contribution in [2.75, 3.05) is 18.5 Å². The van der Waals surface area contributed by atoms with E-state index in [1.165, 1.54) is 18.2 Å². The second-order valence-electron chi connectivity index (χ2n) is 7.89. The highest BCUT2D eigenvalue weighted by Crippen LogP contribution is 2.12. The van der Waals surface area contributed by atoms with Gasteiger partial charge in [0.15, 0.2) is 12.4 Å². The van der Waals surface area contributed by atoms with Gasteiger partial charge in [0.1, 0.15) is 6.54 Å². The van der Waals surface area contributed by atoms with Gasteiger partial charge in [0.05, 0.1) is 0 Å². The van der Waals surface area contributed by atoms with Crippen LogP contribution in [0.3, 0.4) is 0 Å². The van der Waals surface area contributed by atoms with E-state index in [1.54, 1.807) is 24.3 Å². The molecule has 0 saturated heterocycles. The monoisotopic (exact) mass is 472 g/mol. The van der Waals surface area contributed by atoms with E-state index in [0.717, 1.165) is 11.0 Å². The molecule has 8 nitrogen and oxygen atoms in total. The molecule has 2 N–H and O–H groups in total. The first-order valence-electron chi connectivity index (χ1n) is 10.4. The van der Waals surface area contributed by atoms with Gasteiger partial charge in [-0.15, -0.1) is 0 Å². The molecule has 2 aromatic carbocycles. The molecule has 0 aromatic heterocycles. The molecule has 0 aliphatic carbocycles. The predicted molar refractivity (Wildman–Crippen MR) is 127 cm³/mol. The lowest BCUT2D eigenvalue weighted by Crippen LogP contribution is -2.30. The van der Waals surface area contributed by atoms with E-state index in [-0.39, 0.29) is 11.8 Å². The van der Waals surface area contributed by atoms with Crippen molar-refractivity contribution < 1.29 is 27.5 Å². The van der Waals surface area contributed by atoms with Crippen molar-refractivity contribution in [3.8, 4) is 0 Å². The first-order valence-corrected chi connectivity index (χ1v) is 11.9. The van der Waals surface area contributed by atoms with Crippen molar-refractivity contribution in [1.82, 2.24) is 4.72 Å². The minimum atomic E-state index is -3.85. The molecule has 0 spiro atoms. The largest absolute Gasteiger partial charge is 0.456 e. The number of rotatable bonds is 11. The first-order chi connectivity index (χ1) is 15.5. The summed E-state index contributed by atoms with van der Waals surface area (Å²) >= 11 is 0. The quantitative estimate of drug-likeness (QED) is 0.383. The van der Waals surface area contributed by atoms with Gasteiger partial charge < -0.3 is 10.1 Å². The molecular formula is C24H28N2O6S. The van der Waals surface area contributed by atoms with Crippen LogP contribution < -0.4 is 10.0 Å². The number of anilines is 1. The molecule has 0 saturated carbocycles. The summed E-state index contributed by atoms with van der Waals surface area (Å²) in [7, 11) is -3.85. The molecular weight excluding hydrogens is 444 g/mol. The summed E-state index contributed by atoms with van der Waals surface area (Å²) in [6.45, 7) is 4.67. The molecule has 0 aliphatic heterocycles. The molecule has 0 heterocycles. The molecule has 0 bridgehead atoms. The van der Waals surface area contributed by atoms with E-state index in [0.29, 0.717) is 23.2 Å². The average molecular weight is 473 g/mol. The van der Waals surface area contributed by atoms with Crippen molar-refractivity contribution in [3.63, 3.8) is 0 Å². The number of ether oxygens (including phenoxy) is 1. The third-order valence-electron chi connectivity index (χ3n) is 4.38. The van der Waals surface area contributed by atoms with Crippen LogP contribution in [-0.4, -0.2) is 39.2 Å². The number of Topliss-reactive ketones (excluding diaryl/α,β-unsaturated/α-hetero) is 1. The van der Waals surface area contributed by atoms with E-state index in [2.05, 4.69) is 10.0 Å². The lowest BCUT2D eigenvalue weighted by Gasteiger charge is -2.08. The van der Waals surface area contributed by atoms with Crippen LogP contribution in [0.5, 0.6) is 0 Å². The zero-order valence-corrected chi connectivity index (χ0v) is 19.6. The topological polar surface area (TPSA) is 119 Å². The maximum atomic E-state index is 12.2. The molecule has 0 unspecified atom stereocenters. The molecule has 0 aliphatic rings. The van der Waals surface area contributed by atoms with Gasteiger partial charge in [0, 0.05) is 23.1 Å². The van der Waals surface area contributed by atoms with Gasteiger partial charge in [-0.1, -0.05) is 43.7 Å². The van der Waals surface area contributed by atoms with Crippen LogP contribution >= 0.6 is 0 Å². The lowest BCUT2D eigenvalue weighted by molar-refractivity contribution is -0.141. The number of hydrogen-bond acceptors (Lipinski definition) is 6.